The van der Waals surface area contributed by atoms with Gasteiger partial charge in [-0.2, -0.15) is 0 Å². The summed E-state index contributed by atoms with van der Waals surface area (Å²) in [5.74, 6) is 0.634. The van der Waals surface area contributed by atoms with E-state index < -0.39 is 0 Å². The highest BCUT2D eigenvalue weighted by Crippen LogP contribution is 2.42. The van der Waals surface area contributed by atoms with Crippen molar-refractivity contribution in [3.63, 3.8) is 0 Å². The van der Waals surface area contributed by atoms with Gasteiger partial charge in [0.15, 0.2) is 0 Å². The maximum Gasteiger partial charge on any atom is 0.146 e. The molecule has 1 heterocycles. The van der Waals surface area contributed by atoms with Crippen molar-refractivity contribution in [2.45, 2.75) is 85.5 Å². The normalized spacial score (nSPS) is 13.7. The zero-order chi connectivity index (χ0) is 22.1. The third-order valence-corrected chi connectivity index (χ3v) is 5.94. The number of benzene rings is 2. The molecule has 0 bridgehead atoms. The molecule has 0 radical (unpaired) electrons. The molecule has 4 nitrogen and oxygen atoms in total. The van der Waals surface area contributed by atoms with E-state index in [1.807, 2.05) is 24.3 Å². The van der Waals surface area contributed by atoms with E-state index in [9.17, 15) is 5.11 Å². The standard InChI is InChI=1S/C26H37N3O/c1-8-12-18(9-2)20-15-19(26(6,7)17-25(3,4)5)16-23(24(20)30)29-27-21-13-10-11-14-22(21)28-29/h10-11,13-16,18,30H,8-9,12,17H2,1-7H3. The molecule has 0 saturated heterocycles. The van der Waals surface area contributed by atoms with Crippen LogP contribution in [0.5, 0.6) is 5.75 Å². The molecule has 30 heavy (non-hydrogen) atoms. The molecule has 3 aromatic rings. The van der Waals surface area contributed by atoms with E-state index in [1.54, 1.807) is 4.80 Å². The van der Waals surface area contributed by atoms with Crippen molar-refractivity contribution in [2.75, 3.05) is 0 Å². The highest BCUT2D eigenvalue weighted by Gasteiger charge is 2.30. The van der Waals surface area contributed by atoms with Gasteiger partial charge in [0.2, 0.25) is 0 Å². The fourth-order valence-electron chi connectivity index (χ4n) is 4.82. The second kappa shape index (κ2) is 8.41. The van der Waals surface area contributed by atoms with Gasteiger partial charge in [0.25, 0.3) is 0 Å². The predicted octanol–water partition coefficient (Wildman–Crippen LogP) is 7.13. The molecule has 0 amide bonds. The van der Waals surface area contributed by atoms with Crippen LogP contribution < -0.4 is 0 Å². The summed E-state index contributed by atoms with van der Waals surface area (Å²) in [6.07, 6.45) is 4.19. The lowest BCUT2D eigenvalue weighted by Crippen LogP contribution is -2.25. The topological polar surface area (TPSA) is 50.9 Å². The molecule has 0 aliphatic rings. The Morgan fingerprint density at radius 2 is 1.57 bits per heavy atom. The molecule has 1 aromatic heterocycles. The van der Waals surface area contributed by atoms with Crippen LogP contribution in [0.1, 0.15) is 91.2 Å². The van der Waals surface area contributed by atoms with Crippen LogP contribution in [0.25, 0.3) is 16.7 Å². The monoisotopic (exact) mass is 407 g/mol. The van der Waals surface area contributed by atoms with E-state index in [2.05, 4.69) is 70.8 Å². The molecule has 4 heteroatoms. The van der Waals surface area contributed by atoms with Crippen LogP contribution >= 0.6 is 0 Å². The fourth-order valence-corrected chi connectivity index (χ4v) is 4.82. The lowest BCUT2D eigenvalue weighted by atomic mass is 9.71. The molecule has 0 saturated carbocycles. The van der Waals surface area contributed by atoms with Gasteiger partial charge in [-0.3, -0.25) is 0 Å². The zero-order valence-corrected chi connectivity index (χ0v) is 19.7. The van der Waals surface area contributed by atoms with Crippen LogP contribution in [0.3, 0.4) is 0 Å². The van der Waals surface area contributed by atoms with E-state index >= 15 is 0 Å². The van der Waals surface area contributed by atoms with Gasteiger partial charge in [-0.1, -0.05) is 73.1 Å². The van der Waals surface area contributed by atoms with Crippen molar-refractivity contribution < 1.29 is 5.11 Å². The minimum atomic E-state index is -0.0352. The van der Waals surface area contributed by atoms with Crippen molar-refractivity contribution in [3.8, 4) is 11.4 Å². The molecule has 3 rings (SSSR count). The maximum atomic E-state index is 11.3. The molecule has 0 aliphatic heterocycles. The zero-order valence-electron chi connectivity index (χ0n) is 19.7. The Kier molecular flexibility index (Phi) is 6.26. The van der Waals surface area contributed by atoms with Crippen molar-refractivity contribution in [1.82, 2.24) is 15.0 Å². The third kappa shape index (κ3) is 4.69. The van der Waals surface area contributed by atoms with Crippen LogP contribution in [0.2, 0.25) is 0 Å². The van der Waals surface area contributed by atoms with Crippen LogP contribution in [0, 0.1) is 5.41 Å². The summed E-state index contributed by atoms with van der Waals surface area (Å²) in [7, 11) is 0. The summed E-state index contributed by atoms with van der Waals surface area (Å²) >= 11 is 0. The predicted molar refractivity (Wildman–Crippen MR) is 126 cm³/mol. The number of fused-ring (bicyclic) bond motifs is 1. The summed E-state index contributed by atoms with van der Waals surface area (Å²) in [4.78, 5) is 1.61. The Labute approximate surface area is 181 Å². The van der Waals surface area contributed by atoms with E-state index in [-0.39, 0.29) is 10.8 Å². The van der Waals surface area contributed by atoms with Crippen LogP contribution in [-0.4, -0.2) is 20.1 Å². The first-order chi connectivity index (χ1) is 14.1. The van der Waals surface area contributed by atoms with Gasteiger partial charge >= 0.3 is 0 Å². The molecule has 2 aromatic carbocycles. The first-order valence-electron chi connectivity index (χ1n) is 11.3. The molecule has 1 atom stereocenters. The Balaban J connectivity index is 2.22. The third-order valence-electron chi connectivity index (χ3n) is 5.94. The summed E-state index contributed by atoms with van der Waals surface area (Å²) in [5.41, 5.74) is 4.76. The van der Waals surface area contributed by atoms with Crippen molar-refractivity contribution in [1.29, 1.82) is 0 Å². The summed E-state index contributed by atoms with van der Waals surface area (Å²) in [6, 6.07) is 12.2. The first-order valence-corrected chi connectivity index (χ1v) is 11.3. The summed E-state index contributed by atoms with van der Waals surface area (Å²) in [5, 5.41) is 20.6. The van der Waals surface area contributed by atoms with Gasteiger partial charge < -0.3 is 5.11 Å². The second-order valence-electron chi connectivity index (χ2n) is 10.4. The molecule has 162 valence electrons. The lowest BCUT2D eigenvalue weighted by molar-refractivity contribution is 0.283. The number of phenolic OH excluding ortho intramolecular Hbond substituents is 1. The van der Waals surface area contributed by atoms with Gasteiger partial charge in [-0.15, -0.1) is 15.0 Å². The molecular formula is C26H37N3O. The Bertz CT molecular complexity index is 978. The highest BCUT2D eigenvalue weighted by molar-refractivity contribution is 5.73. The highest BCUT2D eigenvalue weighted by atomic mass is 16.3. The van der Waals surface area contributed by atoms with Crippen molar-refractivity contribution in [2.24, 2.45) is 5.41 Å². The molecule has 0 fully saturated rings. The van der Waals surface area contributed by atoms with Crippen molar-refractivity contribution in [3.05, 3.63) is 47.5 Å². The van der Waals surface area contributed by atoms with Gasteiger partial charge in [0.1, 0.15) is 22.5 Å². The van der Waals surface area contributed by atoms with E-state index in [0.717, 1.165) is 42.3 Å². The Hall–Kier alpha value is -2.36. The average molecular weight is 408 g/mol. The van der Waals surface area contributed by atoms with Gasteiger partial charge in [0, 0.05) is 0 Å². The van der Waals surface area contributed by atoms with Gasteiger partial charge in [0.05, 0.1) is 0 Å². The average Bonchev–Trinajstić information content (AvgIpc) is 3.08. The second-order valence-corrected chi connectivity index (χ2v) is 10.4. The minimum absolute atomic E-state index is 0.0352. The van der Waals surface area contributed by atoms with Crippen molar-refractivity contribution >= 4 is 11.0 Å². The first kappa shape index (κ1) is 22.3. The molecular weight excluding hydrogens is 370 g/mol. The van der Waals surface area contributed by atoms with Gasteiger partial charge in [-0.25, -0.2) is 0 Å². The number of phenols is 1. The largest absolute Gasteiger partial charge is 0.505 e. The summed E-state index contributed by atoms with van der Waals surface area (Å²) in [6.45, 7) is 15.8. The molecule has 0 aliphatic carbocycles. The molecule has 0 spiro atoms. The number of aromatic nitrogens is 3. The number of nitrogens with zero attached hydrogens (tertiary/aromatic N) is 3. The number of rotatable bonds is 7. The number of hydrogen-bond acceptors (Lipinski definition) is 3. The van der Waals surface area contributed by atoms with E-state index in [1.165, 1.54) is 5.56 Å². The van der Waals surface area contributed by atoms with Crippen LogP contribution in [-0.2, 0) is 5.41 Å². The maximum absolute atomic E-state index is 11.3. The fraction of sp³-hybridized carbons (Fsp3) is 0.538. The lowest BCUT2D eigenvalue weighted by Gasteiger charge is -2.34. The SMILES string of the molecule is CCCC(CC)c1cc(C(C)(C)CC(C)(C)C)cc(-n2nc3ccccc3n2)c1O. The van der Waals surface area contributed by atoms with Crippen LogP contribution in [0.15, 0.2) is 36.4 Å². The Morgan fingerprint density at radius 1 is 0.967 bits per heavy atom. The van der Waals surface area contributed by atoms with E-state index in [0.29, 0.717) is 17.4 Å². The Morgan fingerprint density at radius 3 is 2.07 bits per heavy atom. The summed E-state index contributed by atoms with van der Waals surface area (Å²) < 4.78 is 0. The van der Waals surface area contributed by atoms with Crippen LogP contribution in [0.4, 0.5) is 0 Å². The molecule has 1 N–H and O–H groups in total. The minimum Gasteiger partial charge on any atom is -0.505 e. The molecule has 1 unspecified atom stereocenters. The van der Waals surface area contributed by atoms with Gasteiger partial charge in [-0.05, 0) is 65.3 Å². The van der Waals surface area contributed by atoms with E-state index in [4.69, 9.17) is 0 Å². The number of aromatic hydroxyl groups is 1. The number of hydrogen-bond donors (Lipinski definition) is 1. The smallest absolute Gasteiger partial charge is 0.146 e. The quantitative estimate of drug-likeness (QED) is 0.453.